The number of aldehydes is 1. The van der Waals surface area contributed by atoms with Gasteiger partial charge in [0.15, 0.2) is 12.1 Å². The standard InChI is InChI=1S/C14H10FNO2/c15-11-3-1-2-9(6-11)14(18)13-7-12(16)5-4-10(13)8-17/h1-8H,16H2. The summed E-state index contributed by atoms with van der Waals surface area (Å²) < 4.78 is 13.1. The predicted octanol–water partition coefficient (Wildman–Crippen LogP) is 2.45. The van der Waals surface area contributed by atoms with Crippen LogP contribution in [-0.2, 0) is 0 Å². The molecule has 3 nitrogen and oxygen atoms in total. The van der Waals surface area contributed by atoms with Gasteiger partial charge in [0.2, 0.25) is 0 Å². The van der Waals surface area contributed by atoms with Gasteiger partial charge < -0.3 is 5.73 Å². The van der Waals surface area contributed by atoms with E-state index in [9.17, 15) is 14.0 Å². The molecule has 0 aliphatic carbocycles. The smallest absolute Gasteiger partial charge is 0.193 e. The molecule has 0 aromatic heterocycles. The zero-order valence-corrected chi connectivity index (χ0v) is 9.39. The Morgan fingerprint density at radius 1 is 1.17 bits per heavy atom. The van der Waals surface area contributed by atoms with Gasteiger partial charge in [-0.05, 0) is 30.3 Å². The Bertz CT molecular complexity index is 623. The average Bonchev–Trinajstić information content (AvgIpc) is 2.38. The van der Waals surface area contributed by atoms with Gasteiger partial charge in [-0.3, -0.25) is 9.59 Å². The van der Waals surface area contributed by atoms with Crippen molar-refractivity contribution in [3.05, 3.63) is 65.0 Å². The van der Waals surface area contributed by atoms with E-state index >= 15 is 0 Å². The highest BCUT2D eigenvalue weighted by molar-refractivity contribution is 6.13. The van der Waals surface area contributed by atoms with Gasteiger partial charge in [0, 0.05) is 22.4 Å². The van der Waals surface area contributed by atoms with Crippen molar-refractivity contribution in [1.82, 2.24) is 0 Å². The number of carbonyl (C=O) groups excluding carboxylic acids is 2. The summed E-state index contributed by atoms with van der Waals surface area (Å²) in [6.45, 7) is 0. The van der Waals surface area contributed by atoms with Crippen LogP contribution >= 0.6 is 0 Å². The van der Waals surface area contributed by atoms with Gasteiger partial charge in [0.25, 0.3) is 0 Å². The fourth-order valence-electron chi connectivity index (χ4n) is 1.66. The maximum Gasteiger partial charge on any atom is 0.193 e. The zero-order valence-electron chi connectivity index (χ0n) is 9.39. The predicted molar refractivity (Wildman–Crippen MR) is 66.1 cm³/mol. The number of hydrogen-bond acceptors (Lipinski definition) is 3. The van der Waals surface area contributed by atoms with Crippen molar-refractivity contribution in [3.63, 3.8) is 0 Å². The number of anilines is 1. The molecule has 0 heterocycles. The molecule has 2 aromatic carbocycles. The topological polar surface area (TPSA) is 60.2 Å². The molecular formula is C14H10FNO2. The number of halogens is 1. The first-order valence-electron chi connectivity index (χ1n) is 5.27. The lowest BCUT2D eigenvalue weighted by Gasteiger charge is -2.05. The molecule has 2 rings (SSSR count). The SMILES string of the molecule is Nc1ccc(C=O)c(C(=O)c2cccc(F)c2)c1. The van der Waals surface area contributed by atoms with E-state index in [0.717, 1.165) is 6.07 Å². The molecule has 18 heavy (non-hydrogen) atoms. The number of benzene rings is 2. The maximum absolute atomic E-state index is 13.1. The van der Waals surface area contributed by atoms with Crippen molar-refractivity contribution in [1.29, 1.82) is 0 Å². The van der Waals surface area contributed by atoms with Gasteiger partial charge in [-0.15, -0.1) is 0 Å². The molecule has 0 spiro atoms. The second kappa shape index (κ2) is 4.79. The van der Waals surface area contributed by atoms with E-state index in [-0.39, 0.29) is 16.7 Å². The van der Waals surface area contributed by atoms with E-state index in [4.69, 9.17) is 5.73 Å². The highest BCUT2D eigenvalue weighted by atomic mass is 19.1. The van der Waals surface area contributed by atoms with E-state index in [1.54, 1.807) is 0 Å². The molecule has 0 atom stereocenters. The van der Waals surface area contributed by atoms with Crippen molar-refractivity contribution in [2.75, 3.05) is 5.73 Å². The summed E-state index contributed by atoms with van der Waals surface area (Å²) in [4.78, 5) is 23.0. The highest BCUT2D eigenvalue weighted by Crippen LogP contribution is 2.17. The van der Waals surface area contributed by atoms with Crippen molar-refractivity contribution in [2.45, 2.75) is 0 Å². The summed E-state index contributed by atoms with van der Waals surface area (Å²) in [5, 5.41) is 0. The third-order valence-electron chi connectivity index (χ3n) is 2.54. The third kappa shape index (κ3) is 2.27. The average molecular weight is 243 g/mol. The van der Waals surface area contributed by atoms with E-state index in [1.807, 2.05) is 0 Å². The molecule has 0 radical (unpaired) electrons. The molecule has 0 saturated heterocycles. The van der Waals surface area contributed by atoms with E-state index < -0.39 is 11.6 Å². The first kappa shape index (κ1) is 12.0. The Labute approximate surface area is 103 Å². The lowest BCUT2D eigenvalue weighted by Crippen LogP contribution is -2.06. The normalized spacial score (nSPS) is 10.1. The van der Waals surface area contributed by atoms with Crippen LogP contribution in [0.3, 0.4) is 0 Å². The van der Waals surface area contributed by atoms with Gasteiger partial charge in [0.05, 0.1) is 0 Å². The Morgan fingerprint density at radius 2 is 1.94 bits per heavy atom. The van der Waals surface area contributed by atoms with Crippen molar-refractivity contribution in [2.24, 2.45) is 0 Å². The maximum atomic E-state index is 13.1. The summed E-state index contributed by atoms with van der Waals surface area (Å²) in [6.07, 6.45) is 0.575. The summed E-state index contributed by atoms with van der Waals surface area (Å²) in [7, 11) is 0. The van der Waals surface area contributed by atoms with Crippen LogP contribution in [0.4, 0.5) is 10.1 Å². The van der Waals surface area contributed by atoms with Crippen molar-refractivity contribution < 1.29 is 14.0 Å². The first-order valence-corrected chi connectivity index (χ1v) is 5.27. The number of carbonyl (C=O) groups is 2. The minimum Gasteiger partial charge on any atom is -0.399 e. The molecule has 2 N–H and O–H groups in total. The fourth-order valence-corrected chi connectivity index (χ4v) is 1.66. The first-order chi connectivity index (χ1) is 8.61. The molecule has 0 aliphatic heterocycles. The molecule has 0 aliphatic rings. The number of hydrogen-bond donors (Lipinski definition) is 1. The van der Waals surface area contributed by atoms with E-state index in [2.05, 4.69) is 0 Å². The van der Waals surface area contributed by atoms with Crippen LogP contribution in [0.25, 0.3) is 0 Å². The van der Waals surface area contributed by atoms with Crippen LogP contribution in [-0.4, -0.2) is 12.1 Å². The van der Waals surface area contributed by atoms with Gasteiger partial charge >= 0.3 is 0 Å². The number of ketones is 1. The molecule has 2 aromatic rings. The molecule has 90 valence electrons. The number of nitrogen functional groups attached to an aromatic ring is 1. The van der Waals surface area contributed by atoms with Crippen LogP contribution in [0.2, 0.25) is 0 Å². The molecule has 0 saturated carbocycles. The second-order valence-corrected chi connectivity index (χ2v) is 3.80. The molecule has 0 unspecified atom stereocenters. The summed E-state index contributed by atoms with van der Waals surface area (Å²) in [5.74, 6) is -0.929. The molecule has 0 amide bonds. The number of nitrogens with two attached hydrogens (primary N) is 1. The Hall–Kier alpha value is -2.49. The van der Waals surface area contributed by atoms with Crippen LogP contribution in [0, 0.1) is 5.82 Å². The molecular weight excluding hydrogens is 233 g/mol. The van der Waals surface area contributed by atoms with Gasteiger partial charge in [-0.25, -0.2) is 4.39 Å². The van der Waals surface area contributed by atoms with Crippen LogP contribution in [0.5, 0.6) is 0 Å². The lowest BCUT2D eigenvalue weighted by molar-refractivity contribution is 0.102. The van der Waals surface area contributed by atoms with E-state index in [1.165, 1.54) is 36.4 Å². The molecule has 4 heteroatoms. The summed E-state index contributed by atoms with van der Waals surface area (Å²) in [6, 6.07) is 9.72. The largest absolute Gasteiger partial charge is 0.399 e. The lowest BCUT2D eigenvalue weighted by atomic mass is 9.98. The van der Waals surface area contributed by atoms with Crippen LogP contribution < -0.4 is 5.73 Å². The number of rotatable bonds is 3. The fraction of sp³-hybridized carbons (Fsp3) is 0. The Balaban J connectivity index is 2.52. The molecule has 0 bridgehead atoms. The van der Waals surface area contributed by atoms with Crippen molar-refractivity contribution in [3.8, 4) is 0 Å². The third-order valence-corrected chi connectivity index (χ3v) is 2.54. The Morgan fingerprint density at radius 3 is 2.61 bits per heavy atom. The monoisotopic (exact) mass is 243 g/mol. The highest BCUT2D eigenvalue weighted by Gasteiger charge is 2.14. The summed E-state index contributed by atoms with van der Waals surface area (Å²) >= 11 is 0. The van der Waals surface area contributed by atoms with Crippen LogP contribution in [0.15, 0.2) is 42.5 Å². The minimum absolute atomic E-state index is 0.176. The summed E-state index contributed by atoms with van der Waals surface area (Å²) in [5.41, 5.74) is 6.56. The zero-order chi connectivity index (χ0) is 13.1. The van der Waals surface area contributed by atoms with Crippen molar-refractivity contribution >= 4 is 17.8 Å². The quantitative estimate of drug-likeness (QED) is 0.511. The molecule has 0 fully saturated rings. The van der Waals surface area contributed by atoms with Gasteiger partial charge in [-0.2, -0.15) is 0 Å². The second-order valence-electron chi connectivity index (χ2n) is 3.80. The van der Waals surface area contributed by atoms with E-state index in [0.29, 0.717) is 12.0 Å². The van der Waals surface area contributed by atoms with Crippen LogP contribution in [0.1, 0.15) is 26.3 Å². The van der Waals surface area contributed by atoms with Gasteiger partial charge in [-0.1, -0.05) is 12.1 Å². The minimum atomic E-state index is -0.502. The Kier molecular flexibility index (Phi) is 3.19. The van der Waals surface area contributed by atoms with Gasteiger partial charge in [0.1, 0.15) is 5.82 Å².